The summed E-state index contributed by atoms with van der Waals surface area (Å²) in [6, 6.07) is 19.1. The molecule has 0 spiro atoms. The molecule has 5 nitrogen and oxygen atoms in total. The van der Waals surface area contributed by atoms with Gasteiger partial charge in [0.1, 0.15) is 6.04 Å². The van der Waals surface area contributed by atoms with Crippen LogP contribution < -0.4 is 5.48 Å². The largest absolute Gasteiger partial charge is 0.480 e. The topological polar surface area (TPSA) is 61.8 Å². The minimum absolute atomic E-state index is 0.393. The lowest BCUT2D eigenvalue weighted by Gasteiger charge is -2.18. The van der Waals surface area contributed by atoms with Gasteiger partial charge in [-0.15, -0.1) is 0 Å². The van der Waals surface area contributed by atoms with Crippen molar-refractivity contribution in [1.29, 1.82) is 0 Å². The predicted octanol–water partition coefficient (Wildman–Crippen LogP) is 2.73. The predicted molar refractivity (Wildman–Crippen MR) is 98.1 cm³/mol. The Morgan fingerprint density at radius 1 is 1.08 bits per heavy atom. The molecule has 0 aliphatic rings. The summed E-state index contributed by atoms with van der Waals surface area (Å²) in [4.78, 5) is 18.9. The van der Waals surface area contributed by atoms with Crippen molar-refractivity contribution in [3.63, 3.8) is 0 Å². The summed E-state index contributed by atoms with van der Waals surface area (Å²) < 4.78 is 0. The number of benzene rings is 2. The maximum absolute atomic E-state index is 11.3. The lowest BCUT2D eigenvalue weighted by Crippen LogP contribution is -2.39. The molecule has 0 bridgehead atoms. The lowest BCUT2D eigenvalue weighted by molar-refractivity contribution is -0.144. The van der Waals surface area contributed by atoms with E-state index in [1.165, 1.54) is 5.56 Å². The van der Waals surface area contributed by atoms with Gasteiger partial charge in [0.2, 0.25) is 0 Å². The number of carbonyl (C=O) groups is 1. The highest BCUT2D eigenvalue weighted by Crippen LogP contribution is 2.05. The number of hydrogen-bond acceptors (Lipinski definition) is 4. The van der Waals surface area contributed by atoms with E-state index in [2.05, 4.69) is 29.6 Å². The number of hydrogen-bond donors (Lipinski definition) is 2. The van der Waals surface area contributed by atoms with Gasteiger partial charge in [-0.05, 0) is 24.6 Å². The molecule has 0 amide bonds. The van der Waals surface area contributed by atoms with E-state index in [4.69, 9.17) is 4.84 Å². The monoisotopic (exact) mass is 342 g/mol. The molecule has 2 aromatic carbocycles. The number of nitrogens with one attached hydrogen (secondary N) is 1. The zero-order valence-corrected chi connectivity index (χ0v) is 14.6. The summed E-state index contributed by atoms with van der Waals surface area (Å²) in [5.41, 5.74) is 4.92. The number of nitrogens with zero attached hydrogens (tertiary/aromatic N) is 1. The molecule has 0 fully saturated rings. The third-order valence-corrected chi connectivity index (χ3v) is 3.89. The molecule has 2 rings (SSSR count). The molecule has 25 heavy (non-hydrogen) atoms. The Labute approximate surface area is 149 Å². The maximum atomic E-state index is 11.3. The first-order valence-corrected chi connectivity index (χ1v) is 8.51. The van der Waals surface area contributed by atoms with Gasteiger partial charge in [-0.3, -0.25) is 4.79 Å². The van der Waals surface area contributed by atoms with E-state index in [1.54, 1.807) is 0 Å². The third kappa shape index (κ3) is 7.47. The highest BCUT2D eigenvalue weighted by atomic mass is 16.6. The van der Waals surface area contributed by atoms with Gasteiger partial charge in [0.25, 0.3) is 0 Å². The van der Waals surface area contributed by atoms with Crippen molar-refractivity contribution >= 4 is 5.97 Å². The van der Waals surface area contributed by atoms with Crippen molar-refractivity contribution in [2.24, 2.45) is 0 Å². The average Bonchev–Trinajstić information content (AvgIpc) is 2.62. The Morgan fingerprint density at radius 2 is 1.68 bits per heavy atom. The van der Waals surface area contributed by atoms with E-state index in [9.17, 15) is 9.90 Å². The molecule has 0 aliphatic heterocycles. The molecule has 0 saturated heterocycles. The van der Waals surface area contributed by atoms with Crippen LogP contribution in [0.4, 0.5) is 0 Å². The van der Waals surface area contributed by atoms with E-state index in [-0.39, 0.29) is 0 Å². The number of carboxylic acid groups (broad SMARTS) is 1. The molecule has 5 heteroatoms. The first kappa shape index (κ1) is 19.1. The summed E-state index contributed by atoms with van der Waals surface area (Å²) in [6.07, 6.45) is 1.22. The van der Waals surface area contributed by atoms with E-state index < -0.39 is 12.0 Å². The summed E-state index contributed by atoms with van der Waals surface area (Å²) in [6.45, 7) is 2.24. The molecule has 134 valence electrons. The first-order chi connectivity index (χ1) is 12.1. The van der Waals surface area contributed by atoms with Crippen LogP contribution >= 0.6 is 0 Å². The molecule has 0 heterocycles. The van der Waals surface area contributed by atoms with Crippen molar-refractivity contribution in [3.8, 4) is 0 Å². The quantitative estimate of drug-likeness (QED) is 0.486. The molecule has 0 aliphatic carbocycles. The molecule has 0 radical (unpaired) electrons. The average molecular weight is 342 g/mol. The van der Waals surface area contributed by atoms with Gasteiger partial charge in [-0.2, -0.15) is 5.48 Å². The first-order valence-electron chi connectivity index (χ1n) is 8.51. The lowest BCUT2D eigenvalue weighted by atomic mass is 10.1. The smallest absolute Gasteiger partial charge is 0.323 e. The van der Waals surface area contributed by atoms with Crippen LogP contribution in [0.15, 0.2) is 60.7 Å². The van der Waals surface area contributed by atoms with Gasteiger partial charge in [0.05, 0.1) is 6.61 Å². The summed E-state index contributed by atoms with van der Waals surface area (Å²) >= 11 is 0. The molecule has 1 atom stereocenters. The molecular weight excluding hydrogens is 316 g/mol. The highest BCUT2D eigenvalue weighted by molar-refractivity contribution is 5.73. The van der Waals surface area contributed by atoms with Gasteiger partial charge in [-0.25, -0.2) is 0 Å². The Balaban J connectivity index is 1.64. The van der Waals surface area contributed by atoms with Gasteiger partial charge < -0.3 is 14.8 Å². The standard InChI is InChI=1S/C20H26N2O3/c1-22(16-18-11-6-3-7-12-18)13-8-14-25-21-19(20(23)24)15-17-9-4-2-5-10-17/h2-7,9-12,19,21H,8,13-16H2,1H3,(H,23,24)/t19-/m0/s1. The van der Waals surface area contributed by atoms with Crippen molar-refractivity contribution in [2.45, 2.75) is 25.4 Å². The second kappa shape index (κ2) is 10.6. The van der Waals surface area contributed by atoms with Crippen LogP contribution in [-0.2, 0) is 22.6 Å². The zero-order chi connectivity index (χ0) is 17.9. The van der Waals surface area contributed by atoms with Gasteiger partial charge in [0.15, 0.2) is 0 Å². The Kier molecular flexibility index (Phi) is 8.12. The van der Waals surface area contributed by atoms with E-state index in [0.717, 1.165) is 25.1 Å². The molecule has 0 saturated carbocycles. The minimum atomic E-state index is -0.912. The van der Waals surface area contributed by atoms with Crippen molar-refractivity contribution in [2.75, 3.05) is 20.2 Å². The van der Waals surface area contributed by atoms with Gasteiger partial charge in [0, 0.05) is 19.5 Å². The fraction of sp³-hybridized carbons (Fsp3) is 0.350. The van der Waals surface area contributed by atoms with Crippen LogP contribution in [0.2, 0.25) is 0 Å². The molecule has 0 unspecified atom stereocenters. The van der Waals surface area contributed by atoms with E-state index >= 15 is 0 Å². The van der Waals surface area contributed by atoms with E-state index in [1.807, 2.05) is 48.5 Å². The third-order valence-electron chi connectivity index (χ3n) is 3.89. The summed E-state index contributed by atoms with van der Waals surface area (Å²) in [7, 11) is 2.07. The molecule has 2 N–H and O–H groups in total. The van der Waals surface area contributed by atoms with Crippen LogP contribution in [0, 0.1) is 0 Å². The number of hydroxylamine groups is 1. The summed E-state index contributed by atoms with van der Waals surface area (Å²) in [5.74, 6) is -0.912. The van der Waals surface area contributed by atoms with E-state index in [0.29, 0.717) is 13.0 Å². The Morgan fingerprint density at radius 3 is 2.28 bits per heavy atom. The fourth-order valence-corrected chi connectivity index (χ4v) is 2.57. The zero-order valence-electron chi connectivity index (χ0n) is 14.6. The summed E-state index contributed by atoms with van der Waals surface area (Å²) in [5, 5.41) is 9.29. The SMILES string of the molecule is CN(CCCON[C@@H](Cc1ccccc1)C(=O)O)Cc1ccccc1. The number of aliphatic carboxylic acids is 1. The van der Waals surface area contributed by atoms with Crippen LogP contribution in [0.3, 0.4) is 0 Å². The minimum Gasteiger partial charge on any atom is -0.480 e. The highest BCUT2D eigenvalue weighted by Gasteiger charge is 2.17. The number of carboxylic acids is 1. The molecular formula is C20H26N2O3. The van der Waals surface area contributed by atoms with Gasteiger partial charge in [-0.1, -0.05) is 60.7 Å². The van der Waals surface area contributed by atoms with Crippen molar-refractivity contribution in [3.05, 3.63) is 71.8 Å². The molecule has 2 aromatic rings. The van der Waals surface area contributed by atoms with Gasteiger partial charge >= 0.3 is 5.97 Å². The molecule has 0 aromatic heterocycles. The van der Waals surface area contributed by atoms with Crippen molar-refractivity contribution in [1.82, 2.24) is 10.4 Å². The van der Waals surface area contributed by atoms with Crippen LogP contribution in [-0.4, -0.2) is 42.2 Å². The van der Waals surface area contributed by atoms with Crippen LogP contribution in [0.25, 0.3) is 0 Å². The maximum Gasteiger partial charge on any atom is 0.323 e. The normalized spacial score (nSPS) is 12.2. The second-order valence-electron chi connectivity index (χ2n) is 6.12. The van der Waals surface area contributed by atoms with Crippen molar-refractivity contribution < 1.29 is 14.7 Å². The number of rotatable bonds is 11. The van der Waals surface area contributed by atoms with Crippen LogP contribution in [0.1, 0.15) is 17.5 Å². The Hall–Kier alpha value is -2.21. The fourth-order valence-electron chi connectivity index (χ4n) is 2.57. The van der Waals surface area contributed by atoms with Crippen LogP contribution in [0.5, 0.6) is 0 Å². The second-order valence-corrected chi connectivity index (χ2v) is 6.12. The Bertz CT molecular complexity index is 619.